The number of hydrogen-bond acceptors (Lipinski definition) is 7. The molecule has 5 N–H and O–H groups in total. The molecule has 7 nitrogen and oxygen atoms in total. The largest absolute Gasteiger partial charge is 0.394 e. The van der Waals surface area contributed by atoms with Crippen LogP contribution in [-0.4, -0.2) is 68.8 Å². The van der Waals surface area contributed by atoms with E-state index in [2.05, 4.69) is 17.9 Å². The molecule has 0 aromatic carbocycles. The quantitative estimate of drug-likeness (QED) is 0.254. The lowest BCUT2D eigenvalue weighted by molar-refractivity contribution is -0.139. The normalized spacial score (nSPS) is 17.6. The molecule has 0 radical (unpaired) electrons. The molecule has 19 heavy (non-hydrogen) atoms. The van der Waals surface area contributed by atoms with Gasteiger partial charge in [-0.05, 0) is 6.42 Å². The molecule has 0 aromatic rings. The minimum Gasteiger partial charge on any atom is -0.394 e. The lowest BCUT2D eigenvalue weighted by Crippen LogP contribution is -2.48. The smallest absolute Gasteiger partial charge is 0.202 e. The summed E-state index contributed by atoms with van der Waals surface area (Å²) in [6, 6.07) is -0.607. The molecule has 8 heteroatoms. The van der Waals surface area contributed by atoms with Crippen molar-refractivity contribution in [1.82, 2.24) is 5.32 Å². The summed E-state index contributed by atoms with van der Waals surface area (Å²) in [5.41, 5.74) is 0. The highest BCUT2D eigenvalue weighted by Gasteiger charge is 2.30. The van der Waals surface area contributed by atoms with Crippen molar-refractivity contribution < 1.29 is 30.0 Å². The predicted molar refractivity (Wildman–Crippen MR) is 70.8 cm³/mol. The van der Waals surface area contributed by atoms with Gasteiger partial charge in [0.1, 0.15) is 18.3 Å². The van der Waals surface area contributed by atoms with Gasteiger partial charge in [0.2, 0.25) is 5.12 Å². The first-order valence-corrected chi connectivity index (χ1v) is 6.43. The molecular weight excluding hydrogens is 274 g/mol. The fraction of sp³-hybridized carbons (Fsp3) is 0.818. The van der Waals surface area contributed by atoms with Gasteiger partial charge in [0.05, 0.1) is 19.2 Å². The van der Waals surface area contributed by atoms with Crippen LogP contribution in [0.2, 0.25) is 0 Å². The van der Waals surface area contributed by atoms with Crippen molar-refractivity contribution in [3.8, 4) is 0 Å². The van der Waals surface area contributed by atoms with E-state index in [1.807, 2.05) is 6.92 Å². The number of carbonyl (C=O) groups excluding carboxylic acids is 2. The first-order chi connectivity index (χ1) is 8.84. The molecule has 0 amide bonds. The van der Waals surface area contributed by atoms with Crippen LogP contribution in [0.15, 0.2) is 0 Å². The third-order valence-electron chi connectivity index (χ3n) is 2.63. The molecule has 0 bridgehead atoms. The highest BCUT2D eigenvalue weighted by Crippen LogP contribution is 2.03. The number of hydrogen-bond donors (Lipinski definition) is 6. The zero-order valence-corrected chi connectivity index (χ0v) is 11.6. The summed E-state index contributed by atoms with van der Waals surface area (Å²) in [5, 5.41) is 38.7. The summed E-state index contributed by atoms with van der Waals surface area (Å²) in [6.07, 6.45) is -3.99. The highest BCUT2D eigenvalue weighted by atomic mass is 32.1. The Labute approximate surface area is 117 Å². The van der Waals surface area contributed by atoms with E-state index in [9.17, 15) is 19.8 Å². The van der Waals surface area contributed by atoms with Crippen molar-refractivity contribution in [2.75, 3.05) is 13.2 Å². The molecule has 0 saturated heterocycles. The molecule has 0 fully saturated rings. The van der Waals surface area contributed by atoms with Crippen molar-refractivity contribution >= 4 is 23.5 Å². The second-order valence-corrected chi connectivity index (χ2v) is 4.65. The Bertz CT molecular complexity index is 301. The van der Waals surface area contributed by atoms with E-state index in [4.69, 9.17) is 10.2 Å². The Kier molecular flexibility index (Phi) is 9.15. The standard InChI is InChI=1S/C11H21NO6S/c1-2-3-6(11(18)19)12-4-7(14)9(16)10(17)8(15)5-13/h6,8-10,12-13,15-17H,2-5H2,1H3,(H,18,19)/t6-,8+,9+,10+/m0/s1. The van der Waals surface area contributed by atoms with Gasteiger partial charge in [-0.3, -0.25) is 14.9 Å². The van der Waals surface area contributed by atoms with Gasteiger partial charge in [-0.2, -0.15) is 0 Å². The molecule has 0 unspecified atom stereocenters. The minimum atomic E-state index is -1.83. The SMILES string of the molecule is CCC[C@H](NCC(=O)[C@@H](O)[C@H](O)[C@H](O)CO)C(=O)S. The Morgan fingerprint density at radius 1 is 1.26 bits per heavy atom. The molecular formula is C11H21NO6S. The molecule has 0 aliphatic rings. The van der Waals surface area contributed by atoms with E-state index < -0.39 is 41.9 Å². The Balaban J connectivity index is 4.32. The number of Topliss-reactive ketones (excluding diaryl/α,β-unsaturated/α-hetero) is 1. The summed E-state index contributed by atoms with van der Waals surface area (Å²) < 4.78 is 0. The van der Waals surface area contributed by atoms with Crippen LogP contribution in [-0.2, 0) is 9.59 Å². The van der Waals surface area contributed by atoms with Crippen LogP contribution < -0.4 is 5.32 Å². The highest BCUT2D eigenvalue weighted by molar-refractivity contribution is 7.96. The third-order valence-corrected chi connectivity index (χ3v) is 2.94. The van der Waals surface area contributed by atoms with Gasteiger partial charge in [-0.25, -0.2) is 0 Å². The van der Waals surface area contributed by atoms with Gasteiger partial charge >= 0.3 is 0 Å². The van der Waals surface area contributed by atoms with Crippen LogP contribution in [0.25, 0.3) is 0 Å². The Morgan fingerprint density at radius 3 is 2.26 bits per heavy atom. The first kappa shape index (κ1) is 18.5. The maximum absolute atomic E-state index is 11.5. The number of aliphatic hydroxyl groups excluding tert-OH is 4. The molecule has 0 aliphatic carbocycles. The molecule has 112 valence electrons. The van der Waals surface area contributed by atoms with Gasteiger partial charge in [0.25, 0.3) is 0 Å². The Morgan fingerprint density at radius 2 is 1.84 bits per heavy atom. The molecule has 4 atom stereocenters. The molecule has 0 rings (SSSR count). The predicted octanol–water partition coefficient (Wildman–Crippen LogP) is -2.15. The van der Waals surface area contributed by atoms with E-state index >= 15 is 0 Å². The van der Waals surface area contributed by atoms with Crippen LogP contribution in [0.5, 0.6) is 0 Å². The van der Waals surface area contributed by atoms with Crippen molar-refractivity contribution in [3.05, 3.63) is 0 Å². The van der Waals surface area contributed by atoms with E-state index in [0.29, 0.717) is 12.8 Å². The lowest BCUT2D eigenvalue weighted by atomic mass is 10.0. The number of thiol groups is 1. The minimum absolute atomic E-state index is 0.340. The van der Waals surface area contributed by atoms with Gasteiger partial charge < -0.3 is 20.4 Å². The number of aliphatic hydroxyl groups is 4. The average molecular weight is 295 g/mol. The van der Waals surface area contributed by atoms with Gasteiger partial charge in [0.15, 0.2) is 5.78 Å². The van der Waals surface area contributed by atoms with E-state index in [1.54, 1.807) is 0 Å². The summed E-state index contributed by atoms with van der Waals surface area (Å²) in [7, 11) is 0. The zero-order chi connectivity index (χ0) is 15.0. The number of nitrogens with one attached hydrogen (secondary N) is 1. The van der Waals surface area contributed by atoms with Crippen molar-refractivity contribution in [1.29, 1.82) is 0 Å². The lowest BCUT2D eigenvalue weighted by Gasteiger charge is -2.21. The second kappa shape index (κ2) is 9.40. The van der Waals surface area contributed by atoms with Crippen molar-refractivity contribution in [2.24, 2.45) is 0 Å². The monoisotopic (exact) mass is 295 g/mol. The number of ketones is 1. The second-order valence-electron chi connectivity index (χ2n) is 4.21. The van der Waals surface area contributed by atoms with E-state index in [-0.39, 0.29) is 6.54 Å². The van der Waals surface area contributed by atoms with Crippen LogP contribution in [0.4, 0.5) is 0 Å². The van der Waals surface area contributed by atoms with Gasteiger partial charge in [-0.15, -0.1) is 12.6 Å². The fourth-order valence-corrected chi connectivity index (χ4v) is 1.66. The van der Waals surface area contributed by atoms with Gasteiger partial charge in [-0.1, -0.05) is 13.3 Å². The van der Waals surface area contributed by atoms with Crippen LogP contribution in [0.3, 0.4) is 0 Å². The van der Waals surface area contributed by atoms with E-state index in [1.165, 1.54) is 0 Å². The topological polar surface area (TPSA) is 127 Å². The van der Waals surface area contributed by atoms with Crippen molar-refractivity contribution in [2.45, 2.75) is 44.1 Å². The first-order valence-electron chi connectivity index (χ1n) is 5.99. The fourth-order valence-electron chi connectivity index (χ4n) is 1.44. The summed E-state index contributed by atoms with van der Waals surface area (Å²) in [4.78, 5) is 22.6. The average Bonchev–Trinajstić information content (AvgIpc) is 2.39. The zero-order valence-electron chi connectivity index (χ0n) is 10.7. The summed E-state index contributed by atoms with van der Waals surface area (Å²) in [5.74, 6) is -0.782. The molecule has 0 aromatic heterocycles. The molecule has 0 heterocycles. The van der Waals surface area contributed by atoms with Crippen LogP contribution in [0.1, 0.15) is 19.8 Å². The molecule has 0 aliphatic heterocycles. The van der Waals surface area contributed by atoms with Crippen LogP contribution in [0, 0.1) is 0 Å². The maximum Gasteiger partial charge on any atom is 0.202 e. The number of rotatable bonds is 10. The third kappa shape index (κ3) is 6.46. The van der Waals surface area contributed by atoms with Crippen molar-refractivity contribution in [3.63, 3.8) is 0 Å². The molecule has 0 spiro atoms. The molecule has 0 saturated carbocycles. The maximum atomic E-state index is 11.5. The Hall–Kier alpha value is -0.510. The van der Waals surface area contributed by atoms with E-state index in [0.717, 1.165) is 0 Å². The van der Waals surface area contributed by atoms with Crippen LogP contribution >= 0.6 is 12.6 Å². The summed E-state index contributed by atoms with van der Waals surface area (Å²) in [6.45, 7) is 0.753. The number of carbonyl (C=O) groups is 2. The van der Waals surface area contributed by atoms with Gasteiger partial charge in [0, 0.05) is 0 Å². The summed E-state index contributed by atoms with van der Waals surface area (Å²) >= 11 is 3.67.